The van der Waals surface area contributed by atoms with Gasteiger partial charge in [-0.1, -0.05) is 75.9 Å². The zero-order valence-electron chi connectivity index (χ0n) is 18.0. The van der Waals surface area contributed by atoms with E-state index >= 15 is 0 Å². The van der Waals surface area contributed by atoms with Crippen molar-refractivity contribution in [3.8, 4) is 0 Å². The predicted molar refractivity (Wildman–Crippen MR) is 125 cm³/mol. The molecular weight excluding hydrogens is 356 g/mol. The van der Waals surface area contributed by atoms with E-state index in [1.54, 1.807) is 5.56 Å². The number of rotatable bonds is 10. The summed E-state index contributed by atoms with van der Waals surface area (Å²) >= 11 is 1.96. The van der Waals surface area contributed by atoms with Crippen molar-refractivity contribution in [3.63, 3.8) is 0 Å². The van der Waals surface area contributed by atoms with E-state index in [4.69, 9.17) is 0 Å². The van der Waals surface area contributed by atoms with E-state index in [0.717, 1.165) is 17.6 Å². The second kappa shape index (κ2) is 11.7. The summed E-state index contributed by atoms with van der Waals surface area (Å²) in [6, 6.07) is 18.7. The minimum atomic E-state index is 0.799. The number of thioether (sulfide) groups is 1. The highest BCUT2D eigenvalue weighted by molar-refractivity contribution is 7.98. The second-order valence-electron chi connectivity index (χ2n) is 8.64. The number of benzene rings is 2. The number of hydrogen-bond acceptors (Lipinski definition) is 1. The average molecular weight is 395 g/mol. The first kappa shape index (κ1) is 21.5. The molecule has 0 heterocycles. The lowest BCUT2D eigenvalue weighted by Gasteiger charge is -2.29. The van der Waals surface area contributed by atoms with Crippen LogP contribution in [-0.4, -0.2) is 0 Å². The molecule has 3 rings (SSSR count). The van der Waals surface area contributed by atoms with E-state index in [2.05, 4.69) is 62.4 Å². The monoisotopic (exact) mass is 394 g/mol. The van der Waals surface area contributed by atoms with Gasteiger partial charge in [-0.3, -0.25) is 0 Å². The molecule has 1 aliphatic rings. The molecule has 1 saturated carbocycles. The molecule has 0 spiro atoms. The molecule has 0 radical (unpaired) electrons. The van der Waals surface area contributed by atoms with Crippen LogP contribution in [0.3, 0.4) is 0 Å². The largest absolute Gasteiger partial charge is 0.121 e. The maximum Gasteiger partial charge on any atom is 0.0231 e. The van der Waals surface area contributed by atoms with Crippen LogP contribution in [0, 0.1) is 5.92 Å². The molecule has 0 nitrogen and oxygen atoms in total. The average Bonchev–Trinajstić information content (AvgIpc) is 2.76. The van der Waals surface area contributed by atoms with Crippen LogP contribution in [0.15, 0.2) is 53.4 Å². The first-order valence-corrected chi connectivity index (χ1v) is 12.6. The summed E-state index contributed by atoms with van der Waals surface area (Å²) in [5, 5.41) is 0. The Morgan fingerprint density at radius 3 is 2.04 bits per heavy atom. The van der Waals surface area contributed by atoms with Gasteiger partial charge in [0, 0.05) is 10.6 Å². The van der Waals surface area contributed by atoms with E-state index in [-0.39, 0.29) is 0 Å². The highest BCUT2D eigenvalue weighted by Gasteiger charge is 2.21. The van der Waals surface area contributed by atoms with Crippen molar-refractivity contribution in [1.82, 2.24) is 0 Å². The van der Waals surface area contributed by atoms with E-state index in [0.29, 0.717) is 0 Å². The molecular formula is C27H38S. The smallest absolute Gasteiger partial charge is 0.0231 e. The van der Waals surface area contributed by atoms with Crippen LogP contribution >= 0.6 is 11.8 Å². The van der Waals surface area contributed by atoms with Crippen molar-refractivity contribution in [2.45, 2.75) is 94.6 Å². The first-order chi connectivity index (χ1) is 13.8. The van der Waals surface area contributed by atoms with Crippen molar-refractivity contribution < 1.29 is 0 Å². The van der Waals surface area contributed by atoms with Crippen LogP contribution in [0.4, 0.5) is 0 Å². The second-order valence-corrected chi connectivity index (χ2v) is 9.69. The van der Waals surface area contributed by atoms with Gasteiger partial charge >= 0.3 is 0 Å². The summed E-state index contributed by atoms with van der Waals surface area (Å²) in [7, 11) is 0. The van der Waals surface area contributed by atoms with Gasteiger partial charge in [0.2, 0.25) is 0 Å². The van der Waals surface area contributed by atoms with Gasteiger partial charge in [0.25, 0.3) is 0 Å². The fourth-order valence-electron chi connectivity index (χ4n) is 4.46. The number of unbranched alkanes of at least 4 members (excludes halogenated alkanes) is 2. The Morgan fingerprint density at radius 1 is 0.750 bits per heavy atom. The topological polar surface area (TPSA) is 0 Å². The quantitative estimate of drug-likeness (QED) is 0.363. The van der Waals surface area contributed by atoms with Crippen LogP contribution in [0.2, 0.25) is 0 Å². The summed E-state index contributed by atoms with van der Waals surface area (Å²) in [5.74, 6) is 2.86. The molecule has 28 heavy (non-hydrogen) atoms. The van der Waals surface area contributed by atoms with Gasteiger partial charge in [0.05, 0.1) is 0 Å². The Balaban J connectivity index is 1.44. The van der Waals surface area contributed by atoms with Crippen LogP contribution in [0.5, 0.6) is 0 Å². The lowest BCUT2D eigenvalue weighted by atomic mass is 9.77. The third-order valence-corrected chi connectivity index (χ3v) is 7.49. The van der Waals surface area contributed by atoms with Crippen LogP contribution < -0.4 is 0 Å². The molecule has 0 bridgehead atoms. The van der Waals surface area contributed by atoms with Crippen LogP contribution in [-0.2, 0) is 12.2 Å². The molecule has 1 heteroatoms. The Labute approximate surface area is 177 Å². The molecule has 0 N–H and O–H groups in total. The SMILES string of the molecule is CCCCc1ccc(CSc2ccc([C@H]3CC[C@H](CCCC)CC3)cc2)cc1. The van der Waals surface area contributed by atoms with Gasteiger partial charge in [0.1, 0.15) is 0 Å². The van der Waals surface area contributed by atoms with E-state index in [1.807, 2.05) is 11.8 Å². The highest BCUT2D eigenvalue weighted by atomic mass is 32.2. The molecule has 1 aliphatic carbocycles. The Kier molecular flexibility index (Phi) is 8.99. The standard InChI is InChI=1S/C27H38S/c1-3-5-7-22-9-11-24(12-10-22)21-28-27-19-17-26(18-20-27)25-15-13-23(14-16-25)8-6-4-2/h9-12,17-20,23,25H,3-8,13-16,21H2,1-2H3/t23-,25-. The van der Waals surface area contributed by atoms with Crippen molar-refractivity contribution in [3.05, 3.63) is 65.2 Å². The Hall–Kier alpha value is -1.21. The zero-order valence-corrected chi connectivity index (χ0v) is 18.8. The van der Waals surface area contributed by atoms with Gasteiger partial charge < -0.3 is 0 Å². The predicted octanol–water partition coefficient (Wildman–Crippen LogP) is 8.79. The molecule has 0 unspecified atom stereocenters. The minimum Gasteiger partial charge on any atom is -0.121 e. The summed E-state index contributed by atoms with van der Waals surface area (Å²) in [4.78, 5) is 1.40. The summed E-state index contributed by atoms with van der Waals surface area (Å²) in [6.45, 7) is 4.57. The maximum absolute atomic E-state index is 2.40. The van der Waals surface area contributed by atoms with Gasteiger partial charge in [0.15, 0.2) is 0 Å². The van der Waals surface area contributed by atoms with Gasteiger partial charge in [-0.05, 0) is 79.2 Å². The van der Waals surface area contributed by atoms with Crippen LogP contribution in [0.1, 0.15) is 94.2 Å². The van der Waals surface area contributed by atoms with Crippen LogP contribution in [0.25, 0.3) is 0 Å². The lowest BCUT2D eigenvalue weighted by Crippen LogP contribution is -2.13. The maximum atomic E-state index is 2.40. The molecule has 0 atom stereocenters. The molecule has 1 fully saturated rings. The summed E-state index contributed by atoms with van der Waals surface area (Å²) in [5.41, 5.74) is 4.47. The number of hydrogen-bond donors (Lipinski definition) is 0. The van der Waals surface area contributed by atoms with Crippen molar-refractivity contribution in [2.75, 3.05) is 0 Å². The third kappa shape index (κ3) is 6.69. The normalized spacial score (nSPS) is 19.6. The molecule has 0 aromatic heterocycles. The molecule has 0 amide bonds. The van der Waals surface area contributed by atoms with Gasteiger partial charge in [-0.2, -0.15) is 0 Å². The number of aryl methyl sites for hydroxylation is 1. The van der Waals surface area contributed by atoms with Gasteiger partial charge in [-0.25, -0.2) is 0 Å². The summed E-state index contributed by atoms with van der Waals surface area (Å²) < 4.78 is 0. The van der Waals surface area contributed by atoms with E-state index in [9.17, 15) is 0 Å². The molecule has 0 saturated heterocycles. The van der Waals surface area contributed by atoms with Gasteiger partial charge in [-0.15, -0.1) is 11.8 Å². The molecule has 2 aromatic carbocycles. The van der Waals surface area contributed by atoms with Crippen molar-refractivity contribution >= 4 is 11.8 Å². The first-order valence-electron chi connectivity index (χ1n) is 11.6. The lowest BCUT2D eigenvalue weighted by molar-refractivity contribution is 0.304. The van der Waals surface area contributed by atoms with E-state index < -0.39 is 0 Å². The third-order valence-electron chi connectivity index (χ3n) is 6.41. The van der Waals surface area contributed by atoms with Crippen molar-refractivity contribution in [1.29, 1.82) is 0 Å². The molecule has 2 aromatic rings. The fraction of sp³-hybridized carbons (Fsp3) is 0.556. The molecule has 152 valence electrons. The fourth-order valence-corrected chi connectivity index (χ4v) is 5.32. The molecule has 0 aliphatic heterocycles. The zero-order chi connectivity index (χ0) is 19.6. The van der Waals surface area contributed by atoms with Crippen molar-refractivity contribution in [2.24, 2.45) is 5.92 Å². The Morgan fingerprint density at radius 2 is 1.39 bits per heavy atom. The highest BCUT2D eigenvalue weighted by Crippen LogP contribution is 2.38. The summed E-state index contributed by atoms with van der Waals surface area (Å²) in [6.07, 6.45) is 13.7. The minimum absolute atomic E-state index is 0.799. The van der Waals surface area contributed by atoms with E-state index in [1.165, 1.54) is 80.2 Å². The Bertz CT molecular complexity index is 662.